The number of carbonyl (C=O) groups is 2. The Bertz CT molecular complexity index is 1230. The minimum absolute atomic E-state index is 0.131. The highest BCUT2D eigenvalue weighted by Gasteiger charge is 2.32. The second-order valence-electron chi connectivity index (χ2n) is 6.91. The van der Waals surface area contributed by atoms with Gasteiger partial charge < -0.3 is 5.32 Å². The number of allylic oxidation sites excluding steroid dienone is 1. The average molecular weight is 452 g/mol. The highest BCUT2D eigenvalue weighted by Crippen LogP contribution is 2.33. The monoisotopic (exact) mass is 451 g/mol. The molecule has 1 amide bonds. The Kier molecular flexibility index (Phi) is 5.97. The molecule has 8 heteroatoms. The fraction of sp³-hybridized carbons (Fsp3) is 0.0870. The minimum atomic E-state index is -1.67. The van der Waals surface area contributed by atoms with Crippen LogP contribution in [0.15, 0.2) is 71.9 Å². The maximum absolute atomic E-state index is 13.2. The molecule has 0 saturated carbocycles. The van der Waals surface area contributed by atoms with Gasteiger partial charge in [0.1, 0.15) is 4.91 Å². The quantitative estimate of drug-likeness (QED) is 0.608. The third-order valence-corrected chi connectivity index (χ3v) is 6.46. The zero-order valence-corrected chi connectivity index (χ0v) is 18.1. The number of nitrogens with one attached hydrogen (secondary N) is 1. The topological polar surface area (TPSA) is 79.4 Å². The van der Waals surface area contributed by atoms with E-state index in [1.165, 1.54) is 10.4 Å². The number of carbonyl (C=O) groups excluding carboxylic acids is 2. The molecule has 0 radical (unpaired) electrons. The summed E-state index contributed by atoms with van der Waals surface area (Å²) in [6, 6.07) is 15.4. The van der Waals surface area contributed by atoms with Crippen molar-refractivity contribution < 1.29 is 13.8 Å². The van der Waals surface area contributed by atoms with E-state index in [1.807, 2.05) is 12.1 Å². The molecule has 1 aromatic heterocycles. The van der Waals surface area contributed by atoms with Crippen LogP contribution in [0, 0.1) is 0 Å². The van der Waals surface area contributed by atoms with Crippen molar-refractivity contribution in [3.8, 4) is 0 Å². The molecule has 3 aromatic rings. The van der Waals surface area contributed by atoms with E-state index in [0.717, 1.165) is 5.56 Å². The predicted molar refractivity (Wildman–Crippen MR) is 122 cm³/mol. The number of ketones is 1. The van der Waals surface area contributed by atoms with Gasteiger partial charge in [-0.25, -0.2) is 4.21 Å². The Hall–Kier alpha value is -3.29. The van der Waals surface area contributed by atoms with Crippen molar-refractivity contribution >= 4 is 46.0 Å². The molecule has 1 atom stereocenters. The maximum Gasteiger partial charge on any atom is 0.251 e. The summed E-state index contributed by atoms with van der Waals surface area (Å²) in [4.78, 5) is 29.9. The number of aromatic nitrogens is 1. The van der Waals surface area contributed by atoms with Crippen molar-refractivity contribution in [2.24, 2.45) is 0 Å². The Labute approximate surface area is 187 Å². The van der Waals surface area contributed by atoms with E-state index >= 15 is 0 Å². The standard InChI is InChI=1S/C23H18ClN3O3S/c1-27-20-6-5-17(23(29)26-14-15-7-9-25-10-8-15)13-19(20)22(28)21(31(27)30)12-16-3-2-4-18(24)11-16/h2-13H,14H2,1H3,(H,26,29)/b21-12-. The molecule has 2 heterocycles. The van der Waals surface area contributed by atoms with Gasteiger partial charge in [0.2, 0.25) is 5.78 Å². The SMILES string of the molecule is CN1c2ccc(C(=O)NCc3ccncc3)cc2C(=O)/C(=C/c2cccc(Cl)c2)S1=O. The van der Waals surface area contributed by atoms with Crippen molar-refractivity contribution in [2.75, 3.05) is 11.4 Å². The summed E-state index contributed by atoms with van der Waals surface area (Å²) in [6.45, 7) is 0.343. The van der Waals surface area contributed by atoms with Gasteiger partial charge in [0.15, 0.2) is 11.0 Å². The van der Waals surface area contributed by atoms with Crippen LogP contribution in [-0.4, -0.2) is 27.9 Å². The Balaban J connectivity index is 1.63. The zero-order valence-electron chi connectivity index (χ0n) is 16.5. The van der Waals surface area contributed by atoms with E-state index in [0.29, 0.717) is 33.9 Å². The average Bonchev–Trinajstić information content (AvgIpc) is 2.79. The Morgan fingerprint density at radius 2 is 1.94 bits per heavy atom. The predicted octanol–water partition coefficient (Wildman–Crippen LogP) is 4.00. The van der Waals surface area contributed by atoms with E-state index in [-0.39, 0.29) is 16.6 Å². The second-order valence-corrected chi connectivity index (χ2v) is 8.83. The first-order chi connectivity index (χ1) is 14.9. The van der Waals surface area contributed by atoms with E-state index in [4.69, 9.17) is 11.6 Å². The number of amides is 1. The van der Waals surface area contributed by atoms with E-state index in [2.05, 4.69) is 10.3 Å². The summed E-state index contributed by atoms with van der Waals surface area (Å²) < 4.78 is 14.4. The number of benzene rings is 2. The fourth-order valence-electron chi connectivity index (χ4n) is 3.23. The van der Waals surface area contributed by atoms with E-state index < -0.39 is 11.0 Å². The number of rotatable bonds is 4. The van der Waals surface area contributed by atoms with Crippen LogP contribution < -0.4 is 9.62 Å². The molecule has 0 saturated heterocycles. The van der Waals surface area contributed by atoms with Gasteiger partial charge in [-0.3, -0.25) is 18.9 Å². The van der Waals surface area contributed by atoms with Crippen LogP contribution in [0.3, 0.4) is 0 Å². The van der Waals surface area contributed by atoms with Gasteiger partial charge in [0, 0.05) is 42.1 Å². The summed E-state index contributed by atoms with van der Waals surface area (Å²) >= 11 is 6.03. The normalized spacial score (nSPS) is 16.8. The third-order valence-electron chi connectivity index (χ3n) is 4.85. The van der Waals surface area contributed by atoms with Crippen molar-refractivity contribution in [3.05, 3.63) is 99.2 Å². The number of Topliss-reactive ketones (excluding diaryl/α,β-unsaturated/α-hetero) is 1. The molecule has 0 bridgehead atoms. The molecule has 4 rings (SSSR count). The minimum Gasteiger partial charge on any atom is -0.348 e. The van der Waals surface area contributed by atoms with Crippen LogP contribution in [-0.2, 0) is 17.5 Å². The number of halogens is 1. The van der Waals surface area contributed by atoms with Gasteiger partial charge in [0.25, 0.3) is 5.91 Å². The molecular weight excluding hydrogens is 434 g/mol. The van der Waals surface area contributed by atoms with Gasteiger partial charge >= 0.3 is 0 Å². The number of pyridine rings is 1. The molecule has 156 valence electrons. The van der Waals surface area contributed by atoms with Crippen LogP contribution in [0.5, 0.6) is 0 Å². The molecule has 31 heavy (non-hydrogen) atoms. The summed E-state index contributed by atoms with van der Waals surface area (Å²) in [6.07, 6.45) is 4.88. The molecule has 1 N–H and O–H groups in total. The first-order valence-corrected chi connectivity index (χ1v) is 10.9. The van der Waals surface area contributed by atoms with Crippen molar-refractivity contribution in [2.45, 2.75) is 6.54 Å². The molecule has 1 unspecified atom stereocenters. The van der Waals surface area contributed by atoms with Crippen molar-refractivity contribution in [1.82, 2.24) is 10.3 Å². The first kappa shape index (κ1) is 21.0. The van der Waals surface area contributed by atoms with Crippen LogP contribution in [0.1, 0.15) is 31.8 Å². The lowest BCUT2D eigenvalue weighted by atomic mass is 10.0. The maximum atomic E-state index is 13.2. The van der Waals surface area contributed by atoms with Gasteiger partial charge in [-0.15, -0.1) is 0 Å². The molecule has 1 aliphatic heterocycles. The molecule has 1 aliphatic rings. The van der Waals surface area contributed by atoms with Crippen molar-refractivity contribution in [1.29, 1.82) is 0 Å². The van der Waals surface area contributed by atoms with E-state index in [9.17, 15) is 13.8 Å². The molecule has 0 fully saturated rings. The van der Waals surface area contributed by atoms with Gasteiger partial charge in [-0.05, 0) is 59.7 Å². The zero-order chi connectivity index (χ0) is 22.0. The Morgan fingerprint density at radius 1 is 1.16 bits per heavy atom. The Morgan fingerprint density at radius 3 is 2.68 bits per heavy atom. The van der Waals surface area contributed by atoms with Crippen LogP contribution in [0.2, 0.25) is 5.02 Å². The number of nitrogens with zero attached hydrogens (tertiary/aromatic N) is 2. The number of hydrogen-bond donors (Lipinski definition) is 1. The smallest absolute Gasteiger partial charge is 0.251 e. The first-order valence-electron chi connectivity index (χ1n) is 9.43. The van der Waals surface area contributed by atoms with Crippen molar-refractivity contribution in [3.63, 3.8) is 0 Å². The largest absolute Gasteiger partial charge is 0.348 e. The summed E-state index contributed by atoms with van der Waals surface area (Å²) in [5, 5.41) is 3.35. The lowest BCUT2D eigenvalue weighted by Crippen LogP contribution is -2.32. The van der Waals surface area contributed by atoms with Crippen LogP contribution >= 0.6 is 11.6 Å². The van der Waals surface area contributed by atoms with Crippen LogP contribution in [0.4, 0.5) is 5.69 Å². The molecule has 2 aromatic carbocycles. The van der Waals surface area contributed by atoms with Gasteiger partial charge in [0.05, 0.1) is 5.69 Å². The number of fused-ring (bicyclic) bond motifs is 1. The lowest BCUT2D eigenvalue weighted by Gasteiger charge is -2.27. The highest BCUT2D eigenvalue weighted by atomic mass is 35.5. The van der Waals surface area contributed by atoms with E-state index in [1.54, 1.807) is 61.9 Å². The van der Waals surface area contributed by atoms with Gasteiger partial charge in [-0.1, -0.05) is 23.7 Å². The van der Waals surface area contributed by atoms with Gasteiger partial charge in [-0.2, -0.15) is 0 Å². The lowest BCUT2D eigenvalue weighted by molar-refractivity contribution is 0.0951. The fourth-order valence-corrected chi connectivity index (χ4v) is 4.57. The van der Waals surface area contributed by atoms with Crippen LogP contribution in [0.25, 0.3) is 6.08 Å². The highest BCUT2D eigenvalue weighted by molar-refractivity contribution is 7.91. The summed E-state index contributed by atoms with van der Waals surface area (Å²) in [5.74, 6) is -0.683. The molecule has 6 nitrogen and oxygen atoms in total. The number of hydrogen-bond acceptors (Lipinski definition) is 4. The molecular formula is C23H18ClN3O3S. The third kappa shape index (κ3) is 4.42. The number of anilines is 1. The second kappa shape index (κ2) is 8.83. The summed E-state index contributed by atoms with van der Waals surface area (Å²) in [7, 11) is -0.0224. The molecule has 0 aliphatic carbocycles. The summed E-state index contributed by atoms with van der Waals surface area (Å²) in [5.41, 5.74) is 2.78. The molecule has 0 spiro atoms.